The molecule has 1 aromatic heterocycles. The maximum atomic E-state index is 11.9. The smallest absolute Gasteiger partial charge is 0.287 e. The summed E-state index contributed by atoms with van der Waals surface area (Å²) in [4.78, 5) is 11.9. The van der Waals surface area contributed by atoms with Crippen molar-refractivity contribution in [2.75, 3.05) is 18.5 Å². The zero-order valence-corrected chi connectivity index (χ0v) is 12.6. The van der Waals surface area contributed by atoms with Gasteiger partial charge in [-0.3, -0.25) is 4.79 Å². The van der Waals surface area contributed by atoms with Gasteiger partial charge in [-0.1, -0.05) is 24.4 Å². The second-order valence-corrected chi connectivity index (χ2v) is 5.74. The van der Waals surface area contributed by atoms with E-state index in [1.54, 1.807) is 6.20 Å². The van der Waals surface area contributed by atoms with Crippen molar-refractivity contribution in [3.05, 3.63) is 21.6 Å². The maximum absolute atomic E-state index is 11.9. The van der Waals surface area contributed by atoms with Gasteiger partial charge in [-0.15, -0.1) is 0 Å². The Morgan fingerprint density at radius 2 is 2.15 bits per heavy atom. The Morgan fingerprint density at radius 1 is 1.45 bits per heavy atom. The van der Waals surface area contributed by atoms with Crippen molar-refractivity contribution < 1.29 is 5.11 Å². The number of hydrogen-bond donors (Lipinski definition) is 2. The number of anilines is 1. The number of nitrogens with zero attached hydrogens (tertiary/aromatic N) is 2. The van der Waals surface area contributed by atoms with Gasteiger partial charge in [-0.2, -0.15) is 5.10 Å². The van der Waals surface area contributed by atoms with Crippen molar-refractivity contribution in [3.8, 4) is 0 Å². The molecule has 2 rings (SSSR count). The molecule has 2 unspecified atom stereocenters. The van der Waals surface area contributed by atoms with E-state index >= 15 is 0 Å². The fourth-order valence-corrected chi connectivity index (χ4v) is 3.06. The molecule has 1 aromatic rings. The minimum Gasteiger partial charge on any atom is -0.396 e. The van der Waals surface area contributed by atoms with Gasteiger partial charge in [0.05, 0.1) is 11.9 Å². The summed E-state index contributed by atoms with van der Waals surface area (Å²) >= 11 is 6.08. The largest absolute Gasteiger partial charge is 0.396 e. The first-order chi connectivity index (χ1) is 9.67. The van der Waals surface area contributed by atoms with Crippen LogP contribution in [0.2, 0.25) is 5.02 Å². The van der Waals surface area contributed by atoms with E-state index < -0.39 is 0 Å². The van der Waals surface area contributed by atoms with Crippen molar-refractivity contribution >= 4 is 17.3 Å². The molecule has 1 fully saturated rings. The molecule has 0 aliphatic heterocycles. The second kappa shape index (κ2) is 7.09. The van der Waals surface area contributed by atoms with Gasteiger partial charge in [-0.25, -0.2) is 4.68 Å². The van der Waals surface area contributed by atoms with Crippen LogP contribution in [-0.4, -0.2) is 28.0 Å². The van der Waals surface area contributed by atoms with Crippen LogP contribution in [0, 0.1) is 11.8 Å². The molecule has 112 valence electrons. The Bertz CT molecular complexity index is 504. The van der Waals surface area contributed by atoms with E-state index in [1.807, 2.05) is 6.92 Å². The van der Waals surface area contributed by atoms with Crippen LogP contribution in [0.3, 0.4) is 0 Å². The van der Waals surface area contributed by atoms with E-state index in [9.17, 15) is 9.90 Å². The standard InChI is InChI=1S/C14H22ClN3O2/c1-2-18-14(20)13(15)12(8-17-18)16-7-10-5-3-4-6-11(10)9-19/h8,10-11,16,19H,2-7,9H2,1H3. The van der Waals surface area contributed by atoms with Gasteiger partial charge >= 0.3 is 0 Å². The molecule has 0 spiro atoms. The highest BCUT2D eigenvalue weighted by atomic mass is 35.5. The maximum Gasteiger partial charge on any atom is 0.287 e. The van der Waals surface area contributed by atoms with Gasteiger partial charge in [0.25, 0.3) is 5.56 Å². The minimum absolute atomic E-state index is 0.193. The molecule has 0 amide bonds. The van der Waals surface area contributed by atoms with Gasteiger partial charge in [0.15, 0.2) is 0 Å². The van der Waals surface area contributed by atoms with E-state index in [2.05, 4.69) is 10.4 Å². The molecule has 1 aliphatic rings. The first-order valence-electron chi connectivity index (χ1n) is 7.27. The number of aryl methyl sites for hydroxylation is 1. The molecule has 2 N–H and O–H groups in total. The molecule has 0 radical (unpaired) electrons. The number of nitrogens with one attached hydrogen (secondary N) is 1. The Morgan fingerprint density at radius 3 is 2.80 bits per heavy atom. The molecule has 20 heavy (non-hydrogen) atoms. The zero-order valence-electron chi connectivity index (χ0n) is 11.8. The SMILES string of the molecule is CCn1ncc(NCC2CCCCC2CO)c(Cl)c1=O. The average Bonchev–Trinajstić information content (AvgIpc) is 2.49. The van der Waals surface area contributed by atoms with Crippen LogP contribution in [-0.2, 0) is 6.54 Å². The molecule has 0 bridgehead atoms. The second-order valence-electron chi connectivity index (χ2n) is 5.36. The lowest BCUT2D eigenvalue weighted by Crippen LogP contribution is -2.29. The minimum atomic E-state index is -0.262. The summed E-state index contributed by atoms with van der Waals surface area (Å²) in [6.45, 7) is 3.32. The van der Waals surface area contributed by atoms with Crippen molar-refractivity contribution in [1.29, 1.82) is 0 Å². The summed E-state index contributed by atoms with van der Waals surface area (Å²) in [6.07, 6.45) is 6.18. The van der Waals surface area contributed by atoms with Crippen LogP contribution in [0.5, 0.6) is 0 Å². The molecule has 1 heterocycles. The summed E-state index contributed by atoms with van der Waals surface area (Å²) in [7, 11) is 0. The van der Waals surface area contributed by atoms with E-state index in [4.69, 9.17) is 11.6 Å². The molecule has 2 atom stereocenters. The Kier molecular flexibility index (Phi) is 5.43. The zero-order chi connectivity index (χ0) is 14.5. The number of rotatable bonds is 5. The van der Waals surface area contributed by atoms with Crippen LogP contribution in [0.4, 0.5) is 5.69 Å². The highest BCUT2D eigenvalue weighted by Gasteiger charge is 2.24. The predicted molar refractivity (Wildman–Crippen MR) is 80.2 cm³/mol. The number of hydrogen-bond acceptors (Lipinski definition) is 4. The van der Waals surface area contributed by atoms with Crippen LogP contribution in [0.15, 0.2) is 11.0 Å². The van der Waals surface area contributed by atoms with Crippen molar-refractivity contribution in [1.82, 2.24) is 9.78 Å². The van der Waals surface area contributed by atoms with Crippen molar-refractivity contribution in [2.24, 2.45) is 11.8 Å². The Hall–Kier alpha value is -1.07. The third-order valence-electron chi connectivity index (χ3n) is 4.14. The van der Waals surface area contributed by atoms with Gasteiger partial charge in [-0.05, 0) is 31.6 Å². The number of aromatic nitrogens is 2. The Balaban J connectivity index is 2.03. The fourth-order valence-electron chi connectivity index (χ4n) is 2.85. The lowest BCUT2D eigenvalue weighted by Gasteiger charge is -2.30. The monoisotopic (exact) mass is 299 g/mol. The summed E-state index contributed by atoms with van der Waals surface area (Å²) in [5, 5.41) is 16.9. The quantitative estimate of drug-likeness (QED) is 0.874. The molecule has 1 aliphatic carbocycles. The summed E-state index contributed by atoms with van der Waals surface area (Å²) in [6, 6.07) is 0. The third kappa shape index (κ3) is 3.33. The molecule has 0 saturated heterocycles. The van der Waals surface area contributed by atoms with E-state index in [-0.39, 0.29) is 17.2 Å². The summed E-state index contributed by atoms with van der Waals surface area (Å²) in [5.74, 6) is 0.775. The predicted octanol–water partition coefficient (Wildman–Crippen LogP) is 2.13. The molecule has 0 aromatic carbocycles. The lowest BCUT2D eigenvalue weighted by molar-refractivity contribution is 0.141. The van der Waals surface area contributed by atoms with Crippen molar-refractivity contribution in [3.63, 3.8) is 0 Å². The van der Waals surface area contributed by atoms with Crippen LogP contribution >= 0.6 is 11.6 Å². The summed E-state index contributed by atoms with van der Waals surface area (Å²) in [5.41, 5.74) is 0.324. The molecular formula is C14H22ClN3O2. The average molecular weight is 300 g/mol. The van der Waals surface area contributed by atoms with Crippen molar-refractivity contribution in [2.45, 2.75) is 39.2 Å². The topological polar surface area (TPSA) is 67.2 Å². The molecular weight excluding hydrogens is 278 g/mol. The number of halogens is 1. The fraction of sp³-hybridized carbons (Fsp3) is 0.714. The van der Waals surface area contributed by atoms with Gasteiger partial charge in [0, 0.05) is 19.7 Å². The van der Waals surface area contributed by atoms with Gasteiger partial charge in [0.2, 0.25) is 0 Å². The number of aliphatic hydroxyl groups excluding tert-OH is 1. The third-order valence-corrected chi connectivity index (χ3v) is 4.51. The van der Waals surface area contributed by atoms with E-state index in [0.717, 1.165) is 19.4 Å². The number of aliphatic hydroxyl groups is 1. The van der Waals surface area contributed by atoms with Gasteiger partial charge < -0.3 is 10.4 Å². The molecule has 6 heteroatoms. The highest BCUT2D eigenvalue weighted by Crippen LogP contribution is 2.30. The molecule has 1 saturated carbocycles. The Labute approximate surface area is 124 Å². The normalized spacial score (nSPS) is 22.8. The van der Waals surface area contributed by atoms with E-state index in [1.165, 1.54) is 17.5 Å². The molecule has 5 nitrogen and oxygen atoms in total. The van der Waals surface area contributed by atoms with Crippen LogP contribution in [0.25, 0.3) is 0 Å². The first kappa shape index (κ1) is 15.3. The first-order valence-corrected chi connectivity index (χ1v) is 7.65. The highest BCUT2D eigenvalue weighted by molar-refractivity contribution is 6.32. The lowest BCUT2D eigenvalue weighted by atomic mass is 9.79. The van der Waals surface area contributed by atoms with Crippen LogP contribution in [0.1, 0.15) is 32.6 Å². The summed E-state index contributed by atoms with van der Waals surface area (Å²) < 4.78 is 1.34. The van der Waals surface area contributed by atoms with E-state index in [0.29, 0.717) is 24.1 Å². The van der Waals surface area contributed by atoms with Crippen LogP contribution < -0.4 is 10.9 Å². The van der Waals surface area contributed by atoms with Gasteiger partial charge in [0.1, 0.15) is 5.02 Å².